The van der Waals surface area contributed by atoms with E-state index in [-0.39, 0.29) is 32.5 Å². The molecule has 180 valence electrons. The maximum Gasteiger partial charge on any atom is 0.416 e. The fourth-order valence-electron chi connectivity index (χ4n) is 3.57. The van der Waals surface area contributed by atoms with Gasteiger partial charge in [-0.3, -0.25) is 4.79 Å². The molecule has 0 bridgehead atoms. The number of benzene rings is 2. The Hall–Kier alpha value is -3.38. The van der Waals surface area contributed by atoms with Crippen LogP contribution in [0.3, 0.4) is 0 Å². The third-order valence-electron chi connectivity index (χ3n) is 5.33. The molecule has 2 N–H and O–H groups in total. The lowest BCUT2D eigenvalue weighted by Gasteiger charge is -2.26. The number of H-pyrrole nitrogens is 1. The number of rotatable bonds is 6. The van der Waals surface area contributed by atoms with Gasteiger partial charge in [-0.25, -0.2) is 8.42 Å². The number of anilines is 1. The number of hydrogen-bond acceptors (Lipinski definition) is 5. The lowest BCUT2D eigenvalue weighted by atomic mass is 10.1. The first-order chi connectivity index (χ1) is 16.1. The van der Waals surface area contributed by atoms with E-state index in [4.69, 9.17) is 4.84 Å². The monoisotopic (exact) mass is 494 g/mol. The van der Waals surface area contributed by atoms with Crippen LogP contribution in [0.4, 0.5) is 18.9 Å². The predicted molar refractivity (Wildman–Crippen MR) is 120 cm³/mol. The summed E-state index contributed by atoms with van der Waals surface area (Å²) in [6.45, 7) is -0.228. The van der Waals surface area contributed by atoms with Crippen molar-refractivity contribution >= 4 is 38.2 Å². The highest BCUT2D eigenvalue weighted by Crippen LogP contribution is 2.31. The van der Waals surface area contributed by atoms with Crippen LogP contribution in [-0.4, -0.2) is 49.0 Å². The third kappa shape index (κ3) is 5.39. The van der Waals surface area contributed by atoms with E-state index in [1.807, 2.05) is 18.2 Å². The van der Waals surface area contributed by atoms with Crippen molar-refractivity contribution in [2.24, 2.45) is 5.16 Å². The molecule has 0 atom stereocenters. The molecule has 1 amide bonds. The first-order valence-electron chi connectivity index (χ1n) is 10.3. The second-order valence-electron chi connectivity index (χ2n) is 7.69. The van der Waals surface area contributed by atoms with E-state index in [0.717, 1.165) is 33.4 Å². The predicted octanol–water partition coefficient (Wildman–Crippen LogP) is 3.98. The van der Waals surface area contributed by atoms with Crippen molar-refractivity contribution in [3.05, 3.63) is 60.3 Å². The summed E-state index contributed by atoms with van der Waals surface area (Å²) in [5.74, 6) is -0.399. The SMILES string of the molecule is O=C(CON=C1CCN(S(=O)(=O)c2cccc(C(F)(F)F)c2)CC1)Nc1ccc2[nH]ccc2c1. The number of oxime groups is 1. The number of nitrogens with zero attached hydrogens (tertiary/aromatic N) is 2. The minimum Gasteiger partial charge on any atom is -0.386 e. The van der Waals surface area contributed by atoms with Gasteiger partial charge in [0.25, 0.3) is 5.91 Å². The van der Waals surface area contributed by atoms with Crippen LogP contribution in [0.15, 0.2) is 64.8 Å². The highest BCUT2D eigenvalue weighted by atomic mass is 32.2. The van der Waals surface area contributed by atoms with Gasteiger partial charge >= 0.3 is 6.18 Å². The zero-order chi connectivity index (χ0) is 24.3. The van der Waals surface area contributed by atoms with Gasteiger partial charge in [0.2, 0.25) is 10.0 Å². The van der Waals surface area contributed by atoms with E-state index in [0.29, 0.717) is 17.5 Å². The molecule has 4 rings (SSSR count). The number of sulfonamides is 1. The molecule has 1 fully saturated rings. The lowest BCUT2D eigenvalue weighted by molar-refractivity contribution is -0.137. The summed E-state index contributed by atoms with van der Waals surface area (Å²) < 4.78 is 65.4. The molecule has 1 aromatic heterocycles. The number of nitrogens with one attached hydrogen (secondary N) is 2. The molecule has 1 aliphatic heterocycles. The zero-order valence-corrected chi connectivity index (χ0v) is 18.6. The number of piperidine rings is 1. The van der Waals surface area contributed by atoms with Crippen molar-refractivity contribution < 1.29 is 31.2 Å². The van der Waals surface area contributed by atoms with E-state index < -0.39 is 32.6 Å². The van der Waals surface area contributed by atoms with E-state index in [2.05, 4.69) is 15.5 Å². The molecule has 0 aliphatic carbocycles. The van der Waals surface area contributed by atoms with Crippen LogP contribution in [-0.2, 0) is 25.8 Å². The Morgan fingerprint density at radius 1 is 1.12 bits per heavy atom. The van der Waals surface area contributed by atoms with E-state index in [9.17, 15) is 26.4 Å². The molecule has 0 saturated carbocycles. The van der Waals surface area contributed by atoms with Gasteiger partial charge in [0.1, 0.15) is 0 Å². The molecule has 1 aliphatic rings. The first-order valence-corrected chi connectivity index (χ1v) is 11.8. The molecule has 3 aromatic rings. The maximum atomic E-state index is 12.9. The number of carbonyl (C=O) groups is 1. The molecule has 8 nitrogen and oxygen atoms in total. The van der Waals surface area contributed by atoms with Gasteiger partial charge in [-0.15, -0.1) is 0 Å². The van der Waals surface area contributed by atoms with Crippen LogP contribution in [0.5, 0.6) is 0 Å². The average Bonchev–Trinajstić information content (AvgIpc) is 3.27. The fourth-order valence-corrected chi connectivity index (χ4v) is 5.06. The molecule has 2 aromatic carbocycles. The minimum atomic E-state index is -4.63. The Morgan fingerprint density at radius 2 is 1.88 bits per heavy atom. The maximum absolute atomic E-state index is 12.9. The van der Waals surface area contributed by atoms with Crippen molar-refractivity contribution in [2.75, 3.05) is 25.0 Å². The highest BCUT2D eigenvalue weighted by Gasteiger charge is 2.33. The van der Waals surface area contributed by atoms with Crippen molar-refractivity contribution in [3.63, 3.8) is 0 Å². The molecular weight excluding hydrogens is 473 g/mol. The Morgan fingerprint density at radius 3 is 2.62 bits per heavy atom. The number of hydrogen-bond donors (Lipinski definition) is 2. The van der Waals surface area contributed by atoms with Gasteiger partial charge in [-0.05, 0) is 42.5 Å². The Kier molecular flexibility index (Phi) is 6.62. The fraction of sp³-hybridized carbons (Fsp3) is 0.273. The van der Waals surface area contributed by atoms with Crippen LogP contribution in [0.2, 0.25) is 0 Å². The van der Waals surface area contributed by atoms with Crippen LogP contribution in [0.25, 0.3) is 10.9 Å². The number of carbonyl (C=O) groups excluding carboxylic acids is 1. The smallest absolute Gasteiger partial charge is 0.386 e. The van der Waals surface area contributed by atoms with Crippen molar-refractivity contribution in [3.8, 4) is 0 Å². The molecule has 0 radical (unpaired) electrons. The molecule has 0 spiro atoms. The standard InChI is InChI=1S/C22H21F3N4O4S/c23-22(24,25)16-2-1-3-19(13-16)34(31,32)29-10-7-17(8-11-29)28-33-14-21(30)27-18-4-5-20-15(12-18)6-9-26-20/h1-6,9,12-13,26H,7-8,10-11,14H2,(H,27,30). The quantitative estimate of drug-likeness (QED) is 0.506. The Balaban J connectivity index is 1.29. The largest absolute Gasteiger partial charge is 0.416 e. The summed E-state index contributed by atoms with van der Waals surface area (Å²) in [6.07, 6.45) is -2.36. The van der Waals surface area contributed by atoms with Crippen LogP contribution in [0.1, 0.15) is 18.4 Å². The van der Waals surface area contributed by atoms with Gasteiger partial charge in [0.05, 0.1) is 16.2 Å². The van der Waals surface area contributed by atoms with Gasteiger partial charge in [-0.1, -0.05) is 11.2 Å². The summed E-state index contributed by atoms with van der Waals surface area (Å²) in [5.41, 5.74) is 1.10. The van der Waals surface area contributed by atoms with Crippen LogP contribution < -0.4 is 5.32 Å². The number of aromatic amines is 1. The number of amides is 1. The number of halogens is 3. The van der Waals surface area contributed by atoms with Crippen molar-refractivity contribution in [2.45, 2.75) is 23.9 Å². The van der Waals surface area contributed by atoms with E-state index >= 15 is 0 Å². The topological polar surface area (TPSA) is 104 Å². The molecule has 1 saturated heterocycles. The molecular formula is C22H21F3N4O4S. The first kappa shape index (κ1) is 23.8. The normalized spacial score (nSPS) is 15.3. The van der Waals surface area contributed by atoms with Gasteiger partial charge in [-0.2, -0.15) is 17.5 Å². The molecule has 34 heavy (non-hydrogen) atoms. The zero-order valence-electron chi connectivity index (χ0n) is 17.8. The summed E-state index contributed by atoms with van der Waals surface area (Å²) in [5, 5.41) is 7.58. The Labute approximate surface area is 193 Å². The second kappa shape index (κ2) is 9.47. The molecule has 0 unspecified atom stereocenters. The number of aromatic nitrogens is 1. The number of alkyl halides is 3. The summed E-state index contributed by atoms with van der Waals surface area (Å²) >= 11 is 0. The average molecular weight is 494 g/mol. The van der Waals surface area contributed by atoms with Crippen molar-refractivity contribution in [1.29, 1.82) is 0 Å². The lowest BCUT2D eigenvalue weighted by Crippen LogP contribution is -2.38. The summed E-state index contributed by atoms with van der Waals surface area (Å²) in [7, 11) is -4.08. The summed E-state index contributed by atoms with van der Waals surface area (Å²) in [6, 6.07) is 11.0. The van der Waals surface area contributed by atoms with Crippen LogP contribution in [0, 0.1) is 0 Å². The van der Waals surface area contributed by atoms with E-state index in [1.54, 1.807) is 12.3 Å². The number of fused-ring (bicyclic) bond motifs is 1. The second-order valence-corrected chi connectivity index (χ2v) is 9.63. The van der Waals surface area contributed by atoms with Crippen LogP contribution >= 0.6 is 0 Å². The Bertz CT molecular complexity index is 1330. The van der Waals surface area contributed by atoms with Gasteiger partial charge in [0.15, 0.2) is 6.61 Å². The van der Waals surface area contributed by atoms with Crippen molar-refractivity contribution in [1.82, 2.24) is 9.29 Å². The van der Waals surface area contributed by atoms with Gasteiger partial charge < -0.3 is 15.1 Å². The summed E-state index contributed by atoms with van der Waals surface area (Å²) in [4.78, 5) is 19.9. The third-order valence-corrected chi connectivity index (χ3v) is 7.22. The van der Waals surface area contributed by atoms with Gasteiger partial charge in [0, 0.05) is 48.7 Å². The highest BCUT2D eigenvalue weighted by molar-refractivity contribution is 7.89. The molecule has 12 heteroatoms. The van der Waals surface area contributed by atoms with E-state index in [1.165, 1.54) is 0 Å². The molecule has 2 heterocycles. The minimum absolute atomic E-state index is 0.0453.